The Morgan fingerprint density at radius 2 is 2.21 bits per heavy atom. The molecule has 0 atom stereocenters. The van der Waals surface area contributed by atoms with Crippen LogP contribution in [0.25, 0.3) is 6.08 Å². The summed E-state index contributed by atoms with van der Waals surface area (Å²) in [5, 5.41) is 8.80. The second kappa shape index (κ2) is 6.67. The van der Waals surface area contributed by atoms with Crippen molar-refractivity contribution in [3.8, 4) is 23.8 Å². The Kier molecular flexibility index (Phi) is 4.84. The normalized spacial score (nSPS) is 15.6. The number of fused-ring (bicyclic) bond motifs is 1. The number of benzene rings is 1. The molecule has 0 aliphatic carbocycles. The minimum atomic E-state index is -1.08. The van der Waals surface area contributed by atoms with Crippen molar-refractivity contribution in [3.63, 3.8) is 0 Å². The molecule has 24 heavy (non-hydrogen) atoms. The predicted molar refractivity (Wildman–Crippen MR) is 90.2 cm³/mol. The van der Waals surface area contributed by atoms with Gasteiger partial charge in [0.2, 0.25) is 0 Å². The summed E-state index contributed by atoms with van der Waals surface area (Å²) in [4.78, 5) is 24.8. The van der Waals surface area contributed by atoms with Crippen LogP contribution < -0.4 is 14.4 Å². The van der Waals surface area contributed by atoms with Gasteiger partial charge in [0.25, 0.3) is 5.91 Å². The SMILES string of the molecule is C#CCN1C(=O)C(C)(C)Oc2c(OCC)cc(/C=C/C(=O)O)cc21. The zero-order valence-electron chi connectivity index (χ0n) is 13.8. The smallest absolute Gasteiger partial charge is 0.328 e. The Labute approximate surface area is 140 Å². The molecule has 0 fully saturated rings. The number of ether oxygens (including phenoxy) is 2. The fourth-order valence-electron chi connectivity index (χ4n) is 2.42. The summed E-state index contributed by atoms with van der Waals surface area (Å²) in [5.74, 6) is 1.98. The van der Waals surface area contributed by atoms with Gasteiger partial charge < -0.3 is 14.6 Å². The summed E-state index contributed by atoms with van der Waals surface area (Å²) < 4.78 is 11.5. The van der Waals surface area contributed by atoms with Crippen LogP contribution >= 0.6 is 0 Å². The zero-order valence-corrected chi connectivity index (χ0v) is 13.8. The lowest BCUT2D eigenvalue weighted by molar-refractivity contribution is -0.132. The van der Waals surface area contributed by atoms with Crippen LogP contribution in [0.5, 0.6) is 11.5 Å². The highest BCUT2D eigenvalue weighted by molar-refractivity contribution is 6.03. The molecular weight excluding hydrogens is 310 g/mol. The maximum atomic E-state index is 12.6. The van der Waals surface area contributed by atoms with Crippen LogP contribution in [-0.4, -0.2) is 35.7 Å². The number of rotatable bonds is 5. The van der Waals surface area contributed by atoms with E-state index in [2.05, 4.69) is 5.92 Å². The van der Waals surface area contributed by atoms with Crippen molar-refractivity contribution >= 4 is 23.6 Å². The zero-order chi connectivity index (χ0) is 17.9. The molecule has 126 valence electrons. The number of terminal acetylenes is 1. The molecule has 0 saturated heterocycles. The average molecular weight is 329 g/mol. The summed E-state index contributed by atoms with van der Waals surface area (Å²) in [7, 11) is 0. The predicted octanol–water partition coefficient (Wildman–Crippen LogP) is 2.32. The molecule has 1 aromatic rings. The van der Waals surface area contributed by atoms with Gasteiger partial charge in [0, 0.05) is 6.08 Å². The van der Waals surface area contributed by atoms with Crippen LogP contribution in [0.4, 0.5) is 5.69 Å². The topological polar surface area (TPSA) is 76.1 Å². The average Bonchev–Trinajstić information content (AvgIpc) is 2.51. The molecule has 1 aliphatic heterocycles. The third-order valence-corrected chi connectivity index (χ3v) is 3.43. The number of carboxylic acids is 1. The molecule has 0 aromatic heterocycles. The summed E-state index contributed by atoms with van der Waals surface area (Å²) in [5.41, 5.74) is -0.0420. The first-order chi connectivity index (χ1) is 11.3. The Hall–Kier alpha value is -2.94. The van der Waals surface area contributed by atoms with Gasteiger partial charge in [-0.05, 0) is 44.5 Å². The van der Waals surface area contributed by atoms with Crippen LogP contribution in [0.3, 0.4) is 0 Å². The van der Waals surface area contributed by atoms with Crippen molar-refractivity contribution in [1.82, 2.24) is 0 Å². The van der Waals surface area contributed by atoms with Crippen LogP contribution in [0.1, 0.15) is 26.3 Å². The molecule has 6 heteroatoms. The van der Waals surface area contributed by atoms with Crippen molar-refractivity contribution in [2.24, 2.45) is 0 Å². The maximum absolute atomic E-state index is 12.6. The molecule has 6 nitrogen and oxygen atoms in total. The van der Waals surface area contributed by atoms with E-state index in [1.807, 2.05) is 6.92 Å². The summed E-state index contributed by atoms with van der Waals surface area (Å²) in [6.07, 6.45) is 7.83. The Morgan fingerprint density at radius 1 is 1.50 bits per heavy atom. The third kappa shape index (κ3) is 3.35. The van der Waals surface area contributed by atoms with Crippen molar-refractivity contribution in [3.05, 3.63) is 23.8 Å². The highest BCUT2D eigenvalue weighted by atomic mass is 16.5. The van der Waals surface area contributed by atoms with E-state index in [0.717, 1.165) is 6.08 Å². The third-order valence-electron chi connectivity index (χ3n) is 3.43. The van der Waals surface area contributed by atoms with Crippen molar-refractivity contribution in [2.75, 3.05) is 18.1 Å². The largest absolute Gasteiger partial charge is 0.490 e. The molecule has 0 radical (unpaired) electrons. The van der Waals surface area contributed by atoms with E-state index in [0.29, 0.717) is 29.4 Å². The number of carboxylic acid groups (broad SMARTS) is 1. The number of nitrogens with zero attached hydrogens (tertiary/aromatic N) is 1. The van der Waals surface area contributed by atoms with E-state index in [1.165, 1.54) is 11.0 Å². The second-order valence-corrected chi connectivity index (χ2v) is 5.68. The van der Waals surface area contributed by atoms with Crippen LogP contribution in [-0.2, 0) is 9.59 Å². The monoisotopic (exact) mass is 329 g/mol. The standard InChI is InChI=1S/C18H19NO5/c1-5-9-19-13-10-12(7-8-15(20)21)11-14(23-6-2)16(13)24-18(3,4)17(19)22/h1,7-8,10-11H,6,9H2,2-4H3,(H,20,21)/b8-7+. The van der Waals surface area contributed by atoms with Gasteiger partial charge in [-0.1, -0.05) is 5.92 Å². The van der Waals surface area contributed by atoms with E-state index in [-0.39, 0.29) is 12.5 Å². The van der Waals surface area contributed by atoms with Crippen LogP contribution in [0.2, 0.25) is 0 Å². The number of carbonyl (C=O) groups excluding carboxylic acids is 1. The van der Waals surface area contributed by atoms with E-state index in [1.54, 1.807) is 26.0 Å². The van der Waals surface area contributed by atoms with Crippen LogP contribution in [0.15, 0.2) is 18.2 Å². The molecule has 2 rings (SSSR count). The Morgan fingerprint density at radius 3 is 2.79 bits per heavy atom. The number of hydrogen-bond acceptors (Lipinski definition) is 4. The molecular formula is C18H19NO5. The number of carbonyl (C=O) groups is 2. The van der Waals surface area contributed by atoms with Gasteiger partial charge in [0.1, 0.15) is 0 Å². The molecule has 0 saturated carbocycles. The molecule has 1 aromatic carbocycles. The fourth-order valence-corrected chi connectivity index (χ4v) is 2.42. The first-order valence-electron chi connectivity index (χ1n) is 7.46. The lowest BCUT2D eigenvalue weighted by Crippen LogP contribution is -2.52. The van der Waals surface area contributed by atoms with Gasteiger partial charge in [-0.2, -0.15) is 0 Å². The van der Waals surface area contributed by atoms with Crippen molar-refractivity contribution in [2.45, 2.75) is 26.4 Å². The second-order valence-electron chi connectivity index (χ2n) is 5.68. The molecule has 1 amide bonds. The van der Waals surface area contributed by atoms with Gasteiger partial charge in [0.05, 0.1) is 18.8 Å². The first kappa shape index (κ1) is 17.4. The number of aliphatic carboxylic acids is 1. The van der Waals surface area contributed by atoms with Gasteiger partial charge in [-0.15, -0.1) is 6.42 Å². The molecule has 1 heterocycles. The summed E-state index contributed by atoms with van der Waals surface area (Å²) >= 11 is 0. The summed E-state index contributed by atoms with van der Waals surface area (Å²) in [6.45, 7) is 5.62. The van der Waals surface area contributed by atoms with Gasteiger partial charge in [-0.25, -0.2) is 4.79 Å². The Bertz CT molecular complexity index is 743. The molecule has 1 aliphatic rings. The van der Waals surface area contributed by atoms with Crippen molar-refractivity contribution < 1.29 is 24.2 Å². The van der Waals surface area contributed by atoms with Gasteiger partial charge in [0.15, 0.2) is 17.1 Å². The highest BCUT2D eigenvalue weighted by Gasteiger charge is 2.42. The fraction of sp³-hybridized carbons (Fsp3) is 0.333. The minimum Gasteiger partial charge on any atom is -0.490 e. The molecule has 0 spiro atoms. The van der Waals surface area contributed by atoms with Gasteiger partial charge in [-0.3, -0.25) is 9.69 Å². The Balaban J connectivity index is 2.64. The van der Waals surface area contributed by atoms with Crippen molar-refractivity contribution in [1.29, 1.82) is 0 Å². The van der Waals surface area contributed by atoms with Gasteiger partial charge >= 0.3 is 5.97 Å². The number of anilines is 1. The quantitative estimate of drug-likeness (QED) is 0.663. The molecule has 0 bridgehead atoms. The summed E-state index contributed by atoms with van der Waals surface area (Å²) in [6, 6.07) is 3.32. The van der Waals surface area contributed by atoms with E-state index in [9.17, 15) is 9.59 Å². The molecule has 0 unspecified atom stereocenters. The van der Waals surface area contributed by atoms with E-state index >= 15 is 0 Å². The first-order valence-corrected chi connectivity index (χ1v) is 7.46. The lowest BCUT2D eigenvalue weighted by Gasteiger charge is -2.38. The number of amides is 1. The van der Waals surface area contributed by atoms with Crippen LogP contribution in [0, 0.1) is 12.3 Å². The van der Waals surface area contributed by atoms with E-state index in [4.69, 9.17) is 21.0 Å². The molecule has 1 N–H and O–H groups in total. The van der Waals surface area contributed by atoms with E-state index < -0.39 is 11.6 Å². The lowest BCUT2D eigenvalue weighted by atomic mass is 10.0. The maximum Gasteiger partial charge on any atom is 0.328 e. The highest BCUT2D eigenvalue weighted by Crippen LogP contribution is 2.45. The number of hydrogen-bond donors (Lipinski definition) is 1. The minimum absolute atomic E-state index is 0.0796.